The third-order valence-corrected chi connectivity index (χ3v) is 1.37. The van der Waals surface area contributed by atoms with E-state index in [2.05, 4.69) is 5.32 Å². The average molecular weight is 156 g/mol. The molecule has 0 unspecified atom stereocenters. The van der Waals surface area contributed by atoms with E-state index in [4.69, 9.17) is 5.11 Å². The van der Waals surface area contributed by atoms with E-state index in [0.29, 0.717) is 19.5 Å². The number of alkyl halides is 1. The largest absolute Gasteiger partial charge is 0.389 e. The van der Waals surface area contributed by atoms with Crippen LogP contribution < -0.4 is 5.32 Å². The Kier molecular flexibility index (Phi) is 4.10. The molecule has 1 heterocycles. The zero-order valence-electron chi connectivity index (χ0n) is 5.01. The molecule has 0 amide bonds. The van der Waals surface area contributed by atoms with Gasteiger partial charge in [0.2, 0.25) is 0 Å². The number of hydrogen-bond donors (Lipinski definition) is 2. The highest BCUT2D eigenvalue weighted by Crippen LogP contribution is 2.06. The highest BCUT2D eigenvalue weighted by atomic mass is 35.5. The SMILES string of the molecule is Cl.O[C@H]1CNCC[C@@H]1F. The molecule has 1 rings (SSSR count). The van der Waals surface area contributed by atoms with Gasteiger partial charge in [-0.25, -0.2) is 4.39 Å². The fourth-order valence-electron chi connectivity index (χ4n) is 0.810. The number of hydrogen-bond acceptors (Lipinski definition) is 2. The number of halogens is 2. The fraction of sp³-hybridized carbons (Fsp3) is 1.00. The highest BCUT2D eigenvalue weighted by molar-refractivity contribution is 5.85. The Morgan fingerprint density at radius 1 is 1.56 bits per heavy atom. The van der Waals surface area contributed by atoms with Crippen molar-refractivity contribution in [2.45, 2.75) is 18.7 Å². The molecule has 0 saturated carbocycles. The molecule has 0 aromatic rings. The van der Waals surface area contributed by atoms with E-state index < -0.39 is 12.3 Å². The van der Waals surface area contributed by atoms with Crippen LogP contribution in [0.4, 0.5) is 4.39 Å². The minimum absolute atomic E-state index is 0. The van der Waals surface area contributed by atoms with Crippen LogP contribution in [-0.2, 0) is 0 Å². The third kappa shape index (κ3) is 2.47. The van der Waals surface area contributed by atoms with E-state index in [1.165, 1.54) is 0 Å². The molecule has 0 aliphatic carbocycles. The second kappa shape index (κ2) is 4.04. The van der Waals surface area contributed by atoms with Crippen LogP contribution in [0, 0.1) is 0 Å². The molecule has 0 spiro atoms. The zero-order chi connectivity index (χ0) is 5.98. The number of piperidine rings is 1. The van der Waals surface area contributed by atoms with Crippen molar-refractivity contribution in [3.05, 3.63) is 0 Å². The van der Waals surface area contributed by atoms with Crippen LogP contribution >= 0.6 is 12.4 Å². The van der Waals surface area contributed by atoms with Crippen molar-refractivity contribution in [2.75, 3.05) is 13.1 Å². The van der Waals surface area contributed by atoms with Crippen molar-refractivity contribution in [1.82, 2.24) is 5.32 Å². The zero-order valence-corrected chi connectivity index (χ0v) is 5.83. The van der Waals surface area contributed by atoms with Gasteiger partial charge in [0.1, 0.15) is 6.17 Å². The molecule has 1 saturated heterocycles. The molecule has 2 atom stereocenters. The fourth-order valence-corrected chi connectivity index (χ4v) is 0.810. The standard InChI is InChI=1S/C5H10FNO.ClH/c6-4-1-2-7-3-5(4)8;/h4-5,7-8H,1-3H2;1H/t4-,5-;/m0./s1. The van der Waals surface area contributed by atoms with Crippen LogP contribution in [0.1, 0.15) is 6.42 Å². The van der Waals surface area contributed by atoms with Crippen molar-refractivity contribution in [3.8, 4) is 0 Å². The highest BCUT2D eigenvalue weighted by Gasteiger charge is 2.20. The Bertz CT molecular complexity index is 73.4. The van der Waals surface area contributed by atoms with Gasteiger partial charge in [-0.05, 0) is 13.0 Å². The summed E-state index contributed by atoms with van der Waals surface area (Å²) in [6, 6.07) is 0. The molecule has 0 aromatic heterocycles. The Labute approximate surface area is 59.9 Å². The summed E-state index contributed by atoms with van der Waals surface area (Å²) in [5, 5.41) is 11.6. The van der Waals surface area contributed by atoms with Crippen LogP contribution in [0.3, 0.4) is 0 Å². The number of nitrogens with one attached hydrogen (secondary N) is 1. The summed E-state index contributed by atoms with van der Waals surface area (Å²) in [6.45, 7) is 1.10. The molecular weight excluding hydrogens is 145 g/mol. The Hall–Kier alpha value is 0.140. The van der Waals surface area contributed by atoms with E-state index in [0.717, 1.165) is 0 Å². The Morgan fingerprint density at radius 2 is 2.22 bits per heavy atom. The van der Waals surface area contributed by atoms with Crippen LogP contribution in [0.25, 0.3) is 0 Å². The molecule has 0 bridgehead atoms. The smallest absolute Gasteiger partial charge is 0.128 e. The van der Waals surface area contributed by atoms with E-state index in [1.807, 2.05) is 0 Å². The van der Waals surface area contributed by atoms with Gasteiger partial charge < -0.3 is 10.4 Å². The Balaban J connectivity index is 0.000000640. The van der Waals surface area contributed by atoms with E-state index >= 15 is 0 Å². The lowest BCUT2D eigenvalue weighted by Gasteiger charge is -2.21. The molecule has 0 aromatic carbocycles. The van der Waals surface area contributed by atoms with Crippen molar-refractivity contribution in [1.29, 1.82) is 0 Å². The lowest BCUT2D eigenvalue weighted by Crippen LogP contribution is -2.41. The number of β-amino-alcohol motifs (C(OH)–C–C–N with tert-alkyl or cyclic N) is 1. The summed E-state index contributed by atoms with van der Waals surface area (Å²) in [4.78, 5) is 0. The topological polar surface area (TPSA) is 32.3 Å². The van der Waals surface area contributed by atoms with Crippen molar-refractivity contribution < 1.29 is 9.50 Å². The molecule has 1 aliphatic heterocycles. The normalized spacial score (nSPS) is 35.3. The maximum absolute atomic E-state index is 12.3. The number of rotatable bonds is 0. The first kappa shape index (κ1) is 9.14. The lowest BCUT2D eigenvalue weighted by atomic mass is 10.1. The van der Waals surface area contributed by atoms with Crippen LogP contribution in [-0.4, -0.2) is 30.5 Å². The Morgan fingerprint density at radius 3 is 2.56 bits per heavy atom. The first-order chi connectivity index (χ1) is 3.80. The molecular formula is C5H11ClFNO. The molecule has 56 valence electrons. The lowest BCUT2D eigenvalue weighted by molar-refractivity contribution is 0.0549. The molecule has 1 fully saturated rings. The van der Waals surface area contributed by atoms with Gasteiger partial charge in [-0.1, -0.05) is 0 Å². The first-order valence-electron chi connectivity index (χ1n) is 2.83. The molecule has 9 heavy (non-hydrogen) atoms. The van der Waals surface area contributed by atoms with Crippen molar-refractivity contribution >= 4 is 12.4 Å². The first-order valence-corrected chi connectivity index (χ1v) is 2.83. The molecule has 2 nitrogen and oxygen atoms in total. The van der Waals surface area contributed by atoms with Gasteiger partial charge >= 0.3 is 0 Å². The quantitative estimate of drug-likeness (QED) is 0.520. The van der Waals surface area contributed by atoms with Crippen LogP contribution in [0.2, 0.25) is 0 Å². The van der Waals surface area contributed by atoms with Crippen molar-refractivity contribution in [2.24, 2.45) is 0 Å². The maximum Gasteiger partial charge on any atom is 0.128 e. The predicted octanol–water partition coefficient (Wildman–Crippen LogP) is 0.101. The summed E-state index contributed by atoms with van der Waals surface area (Å²) < 4.78 is 12.3. The van der Waals surface area contributed by atoms with Crippen LogP contribution in [0.15, 0.2) is 0 Å². The summed E-state index contributed by atoms with van der Waals surface area (Å²) in [7, 11) is 0. The second-order valence-electron chi connectivity index (χ2n) is 2.08. The minimum atomic E-state index is -1.00. The maximum atomic E-state index is 12.3. The summed E-state index contributed by atoms with van der Waals surface area (Å²) >= 11 is 0. The summed E-state index contributed by atoms with van der Waals surface area (Å²) in [6.07, 6.45) is -1.33. The molecule has 4 heteroatoms. The monoisotopic (exact) mass is 155 g/mol. The number of aliphatic hydroxyl groups is 1. The summed E-state index contributed by atoms with van der Waals surface area (Å²) in [5.74, 6) is 0. The van der Waals surface area contributed by atoms with Gasteiger partial charge in [0, 0.05) is 6.54 Å². The van der Waals surface area contributed by atoms with Crippen molar-refractivity contribution in [3.63, 3.8) is 0 Å². The van der Waals surface area contributed by atoms with Gasteiger partial charge in [0.05, 0.1) is 6.10 Å². The van der Waals surface area contributed by atoms with Gasteiger partial charge in [-0.3, -0.25) is 0 Å². The molecule has 2 N–H and O–H groups in total. The van der Waals surface area contributed by atoms with Gasteiger partial charge in [-0.2, -0.15) is 0 Å². The molecule has 0 radical (unpaired) electrons. The van der Waals surface area contributed by atoms with E-state index in [-0.39, 0.29) is 12.4 Å². The minimum Gasteiger partial charge on any atom is -0.389 e. The summed E-state index contributed by atoms with van der Waals surface area (Å²) in [5.41, 5.74) is 0. The van der Waals surface area contributed by atoms with Gasteiger partial charge in [0.15, 0.2) is 0 Å². The van der Waals surface area contributed by atoms with Crippen LogP contribution in [0.5, 0.6) is 0 Å². The van der Waals surface area contributed by atoms with Gasteiger partial charge in [0.25, 0.3) is 0 Å². The molecule has 1 aliphatic rings. The van der Waals surface area contributed by atoms with Gasteiger partial charge in [-0.15, -0.1) is 12.4 Å². The van der Waals surface area contributed by atoms with E-state index in [9.17, 15) is 4.39 Å². The number of aliphatic hydroxyl groups excluding tert-OH is 1. The second-order valence-corrected chi connectivity index (χ2v) is 2.08. The predicted molar refractivity (Wildman–Crippen MR) is 35.6 cm³/mol. The third-order valence-electron chi connectivity index (χ3n) is 1.37. The average Bonchev–Trinajstić information content (AvgIpc) is 1.77. The van der Waals surface area contributed by atoms with E-state index in [1.54, 1.807) is 0 Å².